The van der Waals surface area contributed by atoms with Gasteiger partial charge in [-0.3, -0.25) is 10.3 Å². The highest BCUT2D eigenvalue weighted by molar-refractivity contribution is 5.78. The molecule has 2 aliphatic rings. The van der Waals surface area contributed by atoms with E-state index in [4.69, 9.17) is 15.9 Å². The van der Waals surface area contributed by atoms with Crippen molar-refractivity contribution in [2.75, 3.05) is 19.6 Å². The van der Waals surface area contributed by atoms with Gasteiger partial charge in [-0.2, -0.15) is 0 Å². The highest BCUT2D eigenvalue weighted by Crippen LogP contribution is 2.25. The zero-order valence-corrected chi connectivity index (χ0v) is 7.12. The Bertz CT molecular complexity index is 183. The Morgan fingerprint density at radius 1 is 1.42 bits per heavy atom. The van der Waals surface area contributed by atoms with Crippen LogP contribution in [0.1, 0.15) is 12.8 Å². The number of fused-ring (bicyclic) bond motifs is 2. The van der Waals surface area contributed by atoms with Crippen LogP contribution in [0.15, 0.2) is 0 Å². The number of rotatable bonds is 2. The molecule has 0 spiro atoms. The van der Waals surface area contributed by atoms with Crippen molar-refractivity contribution in [2.24, 2.45) is 5.73 Å². The second-order valence-electron chi connectivity index (χ2n) is 3.68. The standard InChI is InChI=1S/C8H15N3O/c9-8(10)5-11-3-6-1-2-7(4-11)12-6/h6-7H,1-5H2,(H3,9,10). The molecule has 2 saturated heterocycles. The average molecular weight is 169 g/mol. The molecule has 3 N–H and O–H groups in total. The summed E-state index contributed by atoms with van der Waals surface area (Å²) in [5.74, 6) is 0.260. The number of nitrogens with two attached hydrogens (primary N) is 1. The Hall–Kier alpha value is -0.610. The van der Waals surface area contributed by atoms with Crippen molar-refractivity contribution in [2.45, 2.75) is 25.0 Å². The monoisotopic (exact) mass is 169 g/mol. The summed E-state index contributed by atoms with van der Waals surface area (Å²) in [6.45, 7) is 2.52. The van der Waals surface area contributed by atoms with E-state index in [9.17, 15) is 0 Å². The van der Waals surface area contributed by atoms with E-state index in [1.54, 1.807) is 0 Å². The van der Waals surface area contributed by atoms with E-state index < -0.39 is 0 Å². The number of morpholine rings is 1. The number of hydrogen-bond acceptors (Lipinski definition) is 3. The molecule has 2 fully saturated rings. The molecule has 2 bridgehead atoms. The third kappa shape index (κ3) is 1.59. The van der Waals surface area contributed by atoms with Gasteiger partial charge in [0.05, 0.1) is 18.8 Å². The van der Waals surface area contributed by atoms with Gasteiger partial charge in [0.15, 0.2) is 0 Å². The number of nitrogens with zero attached hydrogens (tertiary/aromatic N) is 1. The molecule has 2 atom stereocenters. The minimum atomic E-state index is 0.260. The lowest BCUT2D eigenvalue weighted by molar-refractivity contribution is -0.0331. The van der Waals surface area contributed by atoms with Crippen LogP contribution in [0, 0.1) is 5.41 Å². The maximum absolute atomic E-state index is 7.18. The van der Waals surface area contributed by atoms with E-state index in [-0.39, 0.29) is 5.84 Å². The molecule has 0 saturated carbocycles. The molecule has 68 valence electrons. The molecule has 0 aromatic rings. The zero-order valence-electron chi connectivity index (χ0n) is 7.12. The lowest BCUT2D eigenvalue weighted by atomic mass is 10.2. The fourth-order valence-electron chi connectivity index (χ4n) is 2.07. The summed E-state index contributed by atoms with van der Waals surface area (Å²) >= 11 is 0. The predicted octanol–water partition coefficient (Wildman–Crippen LogP) is -0.214. The molecular formula is C8H15N3O. The quantitative estimate of drug-likeness (QED) is 0.444. The van der Waals surface area contributed by atoms with E-state index in [1.807, 2.05) is 0 Å². The van der Waals surface area contributed by atoms with Gasteiger partial charge in [-0.15, -0.1) is 0 Å². The first kappa shape index (κ1) is 8.01. The van der Waals surface area contributed by atoms with Crippen molar-refractivity contribution in [3.05, 3.63) is 0 Å². The van der Waals surface area contributed by atoms with Crippen molar-refractivity contribution in [3.63, 3.8) is 0 Å². The summed E-state index contributed by atoms with van der Waals surface area (Å²) in [5.41, 5.74) is 5.34. The van der Waals surface area contributed by atoms with E-state index in [2.05, 4.69) is 4.90 Å². The number of hydrogen-bond donors (Lipinski definition) is 2. The highest BCUT2D eigenvalue weighted by atomic mass is 16.5. The third-order valence-corrected chi connectivity index (χ3v) is 2.51. The first-order chi connectivity index (χ1) is 5.74. The summed E-state index contributed by atoms with van der Waals surface area (Å²) < 4.78 is 5.66. The second-order valence-corrected chi connectivity index (χ2v) is 3.68. The van der Waals surface area contributed by atoms with Crippen LogP contribution in [0.4, 0.5) is 0 Å². The lowest BCUT2D eigenvalue weighted by Crippen LogP contribution is -2.45. The van der Waals surface area contributed by atoms with Gasteiger partial charge in [-0.05, 0) is 12.8 Å². The van der Waals surface area contributed by atoms with Gasteiger partial charge in [0.2, 0.25) is 0 Å². The summed E-state index contributed by atoms with van der Waals surface area (Å²) in [6.07, 6.45) is 3.17. The van der Waals surface area contributed by atoms with Crippen molar-refractivity contribution in [1.82, 2.24) is 4.90 Å². The normalized spacial score (nSPS) is 35.3. The van der Waals surface area contributed by atoms with Crippen LogP contribution in [0.5, 0.6) is 0 Å². The molecule has 2 rings (SSSR count). The molecule has 2 heterocycles. The topological polar surface area (TPSA) is 62.3 Å². The van der Waals surface area contributed by atoms with Crippen molar-refractivity contribution in [3.8, 4) is 0 Å². The second kappa shape index (κ2) is 3.03. The number of amidine groups is 1. The molecule has 0 aromatic carbocycles. The largest absolute Gasteiger partial charge is 0.387 e. The van der Waals surface area contributed by atoms with Gasteiger partial charge < -0.3 is 10.5 Å². The van der Waals surface area contributed by atoms with E-state index in [0.29, 0.717) is 18.8 Å². The van der Waals surface area contributed by atoms with E-state index in [1.165, 1.54) is 12.8 Å². The number of ether oxygens (including phenoxy) is 1. The maximum Gasteiger partial charge on any atom is 0.105 e. The van der Waals surface area contributed by atoms with E-state index in [0.717, 1.165) is 13.1 Å². The Kier molecular flexibility index (Phi) is 2.02. The molecule has 12 heavy (non-hydrogen) atoms. The fraction of sp³-hybridized carbons (Fsp3) is 0.875. The molecule has 4 nitrogen and oxygen atoms in total. The SMILES string of the molecule is N=C(N)CN1CC2CCC(C1)O2. The summed E-state index contributed by atoms with van der Waals surface area (Å²) in [6, 6.07) is 0. The molecule has 0 aliphatic carbocycles. The highest BCUT2D eigenvalue weighted by Gasteiger charge is 2.33. The van der Waals surface area contributed by atoms with Crippen LogP contribution >= 0.6 is 0 Å². The van der Waals surface area contributed by atoms with Crippen molar-refractivity contribution >= 4 is 5.84 Å². The van der Waals surface area contributed by atoms with Crippen LogP contribution in [0.3, 0.4) is 0 Å². The van der Waals surface area contributed by atoms with Crippen molar-refractivity contribution in [1.29, 1.82) is 5.41 Å². The Labute approximate surface area is 72.2 Å². The van der Waals surface area contributed by atoms with Crippen LogP contribution in [-0.2, 0) is 4.74 Å². The van der Waals surface area contributed by atoms with Gasteiger partial charge in [0.1, 0.15) is 5.84 Å². The van der Waals surface area contributed by atoms with Crippen LogP contribution in [-0.4, -0.2) is 42.6 Å². The van der Waals surface area contributed by atoms with Gasteiger partial charge in [-0.1, -0.05) is 0 Å². The zero-order chi connectivity index (χ0) is 8.55. The van der Waals surface area contributed by atoms with Crippen molar-refractivity contribution < 1.29 is 4.74 Å². The molecule has 0 radical (unpaired) electrons. The molecule has 0 amide bonds. The van der Waals surface area contributed by atoms with Crippen LogP contribution < -0.4 is 5.73 Å². The molecule has 2 aliphatic heterocycles. The molecule has 2 unspecified atom stereocenters. The summed E-state index contributed by atoms with van der Waals surface area (Å²) in [5, 5.41) is 7.18. The maximum atomic E-state index is 7.18. The summed E-state index contributed by atoms with van der Waals surface area (Å²) in [7, 11) is 0. The van der Waals surface area contributed by atoms with Gasteiger partial charge in [0, 0.05) is 13.1 Å². The molecule has 4 heteroatoms. The minimum absolute atomic E-state index is 0.260. The minimum Gasteiger partial charge on any atom is -0.387 e. The lowest BCUT2D eigenvalue weighted by Gasteiger charge is -2.31. The number of nitrogens with one attached hydrogen (secondary N) is 1. The van der Waals surface area contributed by atoms with Crippen LogP contribution in [0.25, 0.3) is 0 Å². The Balaban J connectivity index is 1.89. The first-order valence-corrected chi connectivity index (χ1v) is 4.45. The average Bonchev–Trinajstić information content (AvgIpc) is 2.29. The molecular weight excluding hydrogens is 154 g/mol. The van der Waals surface area contributed by atoms with Gasteiger partial charge in [0.25, 0.3) is 0 Å². The Morgan fingerprint density at radius 2 is 2.00 bits per heavy atom. The predicted molar refractivity (Wildman–Crippen MR) is 46.2 cm³/mol. The Morgan fingerprint density at radius 3 is 2.50 bits per heavy atom. The van der Waals surface area contributed by atoms with Gasteiger partial charge in [-0.25, -0.2) is 0 Å². The fourth-order valence-corrected chi connectivity index (χ4v) is 2.07. The first-order valence-electron chi connectivity index (χ1n) is 4.45. The summed E-state index contributed by atoms with van der Waals surface area (Å²) in [4.78, 5) is 2.22. The smallest absolute Gasteiger partial charge is 0.105 e. The molecule has 0 aromatic heterocycles. The van der Waals surface area contributed by atoms with Gasteiger partial charge >= 0.3 is 0 Å². The third-order valence-electron chi connectivity index (χ3n) is 2.51. The number of likely N-dealkylation sites (tertiary alicyclic amines) is 1. The van der Waals surface area contributed by atoms with E-state index >= 15 is 0 Å². The van der Waals surface area contributed by atoms with Crippen LogP contribution in [0.2, 0.25) is 0 Å².